The number of allylic oxidation sites excluding steroid dienone is 1. The van der Waals surface area contributed by atoms with Crippen LogP contribution < -0.4 is 9.47 Å². The van der Waals surface area contributed by atoms with Crippen molar-refractivity contribution in [2.24, 2.45) is 0 Å². The molecule has 3 aliphatic rings. The Bertz CT molecular complexity index is 922. The van der Waals surface area contributed by atoms with E-state index in [9.17, 15) is 4.57 Å². The van der Waals surface area contributed by atoms with E-state index >= 15 is 0 Å². The number of hydrogen-bond donors (Lipinski definition) is 0. The molecular formula is C23H34NO6P. The zero-order valence-electron chi connectivity index (χ0n) is 19.6. The molecule has 0 bridgehead atoms. The summed E-state index contributed by atoms with van der Waals surface area (Å²) in [4.78, 5) is 2.32. The lowest BCUT2D eigenvalue weighted by atomic mass is 9.68. The Morgan fingerprint density at radius 2 is 1.68 bits per heavy atom. The molecule has 0 unspecified atom stereocenters. The Morgan fingerprint density at radius 3 is 2.29 bits per heavy atom. The molecule has 2 heterocycles. The van der Waals surface area contributed by atoms with E-state index in [-0.39, 0.29) is 11.5 Å². The number of ether oxygens (including phenoxy) is 2. The van der Waals surface area contributed by atoms with E-state index in [1.165, 1.54) is 5.56 Å². The molecule has 0 spiro atoms. The van der Waals surface area contributed by atoms with Crippen molar-refractivity contribution in [2.45, 2.75) is 69.6 Å². The molecule has 2 fully saturated rings. The maximum atomic E-state index is 13.2. The molecule has 2 aliphatic heterocycles. The van der Waals surface area contributed by atoms with Gasteiger partial charge in [0.2, 0.25) is 0 Å². The van der Waals surface area contributed by atoms with Crippen LogP contribution in [0.4, 0.5) is 0 Å². The molecule has 2 atom stereocenters. The number of rotatable bonds is 5. The summed E-state index contributed by atoms with van der Waals surface area (Å²) in [6.07, 6.45) is 4.66. The lowest BCUT2D eigenvalue weighted by molar-refractivity contribution is 0.00578. The van der Waals surface area contributed by atoms with E-state index in [1.54, 1.807) is 14.2 Å². The van der Waals surface area contributed by atoms with Gasteiger partial charge in [0.15, 0.2) is 11.5 Å². The average Bonchev–Trinajstić information content (AvgIpc) is 3.11. The fourth-order valence-corrected chi connectivity index (χ4v) is 7.02. The van der Waals surface area contributed by atoms with E-state index in [1.807, 2.05) is 33.8 Å². The number of hydrogen-bond acceptors (Lipinski definition) is 7. The molecule has 0 radical (unpaired) electrons. The summed E-state index contributed by atoms with van der Waals surface area (Å²) in [6.45, 7) is 8.46. The minimum Gasteiger partial charge on any atom is -0.493 e. The first-order chi connectivity index (χ1) is 14.5. The molecule has 1 aromatic carbocycles. The largest absolute Gasteiger partial charge is 0.530 e. The highest BCUT2D eigenvalue weighted by atomic mass is 31.2. The third kappa shape index (κ3) is 3.70. The van der Waals surface area contributed by atoms with E-state index in [0.717, 1.165) is 30.9 Å². The molecule has 0 N–H and O–H groups in total. The fraction of sp³-hybridized carbons (Fsp3) is 0.652. The van der Waals surface area contributed by atoms with E-state index in [2.05, 4.69) is 30.2 Å². The number of likely N-dealkylation sites (tertiary alicyclic amines) is 1. The van der Waals surface area contributed by atoms with E-state index < -0.39 is 19.0 Å². The van der Waals surface area contributed by atoms with Gasteiger partial charge in [-0.05, 0) is 77.9 Å². The van der Waals surface area contributed by atoms with Crippen molar-refractivity contribution in [1.82, 2.24) is 4.90 Å². The van der Waals surface area contributed by atoms with Gasteiger partial charge in [-0.3, -0.25) is 13.9 Å². The quantitative estimate of drug-likeness (QED) is 0.580. The van der Waals surface area contributed by atoms with Crippen LogP contribution >= 0.6 is 7.82 Å². The standard InChI is InChI=1S/C23H34NO6P/c1-21(2)22(3,4)30-31(25,29-21)28-17-10-11-23(12-13-24(5)20(23)15-17)16-8-9-18(26-6)19(14-16)27-7/h8-9,14-15,20H,10-13H2,1-7H3/t20-,23-/m0/s1. The number of phosphoric acid groups is 1. The molecule has 0 aromatic heterocycles. The number of benzene rings is 1. The second-order valence-corrected chi connectivity index (χ2v) is 11.2. The van der Waals surface area contributed by atoms with Crippen LogP contribution in [0.5, 0.6) is 11.5 Å². The lowest BCUT2D eigenvalue weighted by Crippen LogP contribution is -2.42. The van der Waals surface area contributed by atoms with Crippen molar-refractivity contribution in [2.75, 3.05) is 27.8 Å². The Hall–Kier alpha value is -1.53. The molecule has 1 aromatic rings. The summed E-state index contributed by atoms with van der Waals surface area (Å²) >= 11 is 0. The Labute approximate surface area is 185 Å². The Kier molecular flexibility index (Phi) is 5.49. The van der Waals surface area contributed by atoms with Crippen LogP contribution in [0.15, 0.2) is 30.0 Å². The van der Waals surface area contributed by atoms with Gasteiger partial charge in [0.1, 0.15) is 17.0 Å². The monoisotopic (exact) mass is 451 g/mol. The van der Waals surface area contributed by atoms with Gasteiger partial charge in [-0.1, -0.05) is 6.07 Å². The molecular weight excluding hydrogens is 417 g/mol. The molecule has 2 saturated heterocycles. The van der Waals surface area contributed by atoms with Gasteiger partial charge in [-0.25, -0.2) is 4.57 Å². The van der Waals surface area contributed by atoms with Crippen LogP contribution in [0, 0.1) is 0 Å². The van der Waals surface area contributed by atoms with Crippen LogP contribution in [0.2, 0.25) is 0 Å². The number of likely N-dealkylation sites (N-methyl/N-ethyl adjacent to an activating group) is 1. The van der Waals surface area contributed by atoms with Gasteiger partial charge in [0.05, 0.1) is 14.2 Å². The van der Waals surface area contributed by atoms with Gasteiger partial charge in [-0.15, -0.1) is 0 Å². The van der Waals surface area contributed by atoms with Gasteiger partial charge >= 0.3 is 7.82 Å². The summed E-state index contributed by atoms with van der Waals surface area (Å²) in [5, 5.41) is 0. The first-order valence-electron chi connectivity index (χ1n) is 10.8. The van der Waals surface area contributed by atoms with Crippen molar-refractivity contribution in [3.05, 3.63) is 35.6 Å². The molecule has 8 heteroatoms. The fourth-order valence-electron chi connectivity index (χ4n) is 4.91. The second-order valence-electron chi connectivity index (χ2n) is 9.78. The second kappa shape index (κ2) is 7.51. The zero-order chi connectivity index (χ0) is 22.7. The van der Waals surface area contributed by atoms with Crippen molar-refractivity contribution in [1.29, 1.82) is 0 Å². The third-order valence-electron chi connectivity index (χ3n) is 7.43. The van der Waals surface area contributed by atoms with E-state index in [4.69, 9.17) is 23.0 Å². The number of fused-ring (bicyclic) bond motifs is 1. The van der Waals surface area contributed by atoms with Crippen molar-refractivity contribution < 1.29 is 27.6 Å². The normalized spacial score (nSPS) is 31.1. The molecule has 1 aliphatic carbocycles. The number of phosphoric ester groups is 1. The Morgan fingerprint density at radius 1 is 1.03 bits per heavy atom. The molecule has 4 rings (SSSR count). The molecule has 172 valence electrons. The number of methoxy groups -OCH3 is 2. The molecule has 0 saturated carbocycles. The summed E-state index contributed by atoms with van der Waals surface area (Å²) < 4.78 is 41.7. The molecule has 31 heavy (non-hydrogen) atoms. The highest BCUT2D eigenvalue weighted by molar-refractivity contribution is 7.49. The van der Waals surface area contributed by atoms with Crippen LogP contribution in [0.3, 0.4) is 0 Å². The topological polar surface area (TPSA) is 66.5 Å². The van der Waals surface area contributed by atoms with Crippen LogP contribution in [0.25, 0.3) is 0 Å². The van der Waals surface area contributed by atoms with Gasteiger partial charge < -0.3 is 14.0 Å². The first-order valence-corrected chi connectivity index (χ1v) is 12.3. The van der Waals surface area contributed by atoms with Crippen molar-refractivity contribution in [3.63, 3.8) is 0 Å². The van der Waals surface area contributed by atoms with Crippen molar-refractivity contribution >= 4 is 7.82 Å². The van der Waals surface area contributed by atoms with E-state index in [0.29, 0.717) is 12.2 Å². The molecule has 7 nitrogen and oxygen atoms in total. The predicted molar refractivity (Wildman–Crippen MR) is 119 cm³/mol. The summed E-state index contributed by atoms with van der Waals surface area (Å²) in [6, 6.07) is 6.30. The van der Waals surface area contributed by atoms with Crippen molar-refractivity contribution in [3.8, 4) is 11.5 Å². The summed E-state index contributed by atoms with van der Waals surface area (Å²) in [5.74, 6) is 2.13. The predicted octanol–water partition coefficient (Wildman–Crippen LogP) is 5.05. The lowest BCUT2D eigenvalue weighted by Gasteiger charge is -2.40. The van der Waals surface area contributed by atoms with Crippen LogP contribution in [-0.4, -0.2) is 50.0 Å². The van der Waals surface area contributed by atoms with Crippen LogP contribution in [0.1, 0.15) is 52.5 Å². The van der Waals surface area contributed by atoms with Gasteiger partial charge in [0, 0.05) is 17.9 Å². The summed E-state index contributed by atoms with van der Waals surface area (Å²) in [5.41, 5.74) is -0.251. The maximum Gasteiger partial charge on any atom is 0.530 e. The van der Waals surface area contributed by atoms with Gasteiger partial charge in [-0.2, -0.15) is 0 Å². The first kappa shape index (κ1) is 22.7. The zero-order valence-corrected chi connectivity index (χ0v) is 20.5. The smallest absolute Gasteiger partial charge is 0.493 e. The van der Waals surface area contributed by atoms with Crippen LogP contribution in [-0.2, 0) is 23.6 Å². The van der Waals surface area contributed by atoms with Gasteiger partial charge in [0.25, 0.3) is 0 Å². The highest BCUT2D eigenvalue weighted by Gasteiger charge is 2.58. The average molecular weight is 452 g/mol. The third-order valence-corrected chi connectivity index (χ3v) is 9.25. The minimum atomic E-state index is -3.68. The number of nitrogens with zero attached hydrogens (tertiary/aromatic N) is 1. The Balaban J connectivity index is 1.63. The highest BCUT2D eigenvalue weighted by Crippen LogP contribution is 2.66. The maximum absolute atomic E-state index is 13.2. The molecule has 0 amide bonds. The SMILES string of the molecule is COc1ccc([C@@]23CCC(OP4(=O)OC(C)(C)C(C)(C)O4)=C[C@@H]2N(C)CC3)cc1OC. The minimum absolute atomic E-state index is 0.0639. The summed E-state index contributed by atoms with van der Waals surface area (Å²) in [7, 11) is 1.74.